The number of nitrogens with zero attached hydrogens (tertiary/aromatic N) is 4. The Balaban J connectivity index is 2.36. The highest BCUT2D eigenvalue weighted by molar-refractivity contribution is 7.91. The van der Waals surface area contributed by atoms with Crippen molar-refractivity contribution in [3.8, 4) is 6.07 Å². The molecule has 1 aliphatic rings. The molecule has 1 aromatic rings. The van der Waals surface area contributed by atoms with Crippen LogP contribution in [0.2, 0.25) is 0 Å². The molecule has 1 amide bonds. The van der Waals surface area contributed by atoms with Crippen LogP contribution in [0.4, 0.5) is 0 Å². The van der Waals surface area contributed by atoms with Crippen LogP contribution in [0, 0.1) is 25.2 Å². The number of sulfone groups is 1. The number of rotatable bonds is 5. The summed E-state index contributed by atoms with van der Waals surface area (Å²) in [5, 5.41) is 13.3. The Labute approximate surface area is 153 Å². The second-order valence-corrected chi connectivity index (χ2v) is 9.00. The van der Waals surface area contributed by atoms with Gasteiger partial charge in [-0.3, -0.25) is 9.59 Å². The van der Waals surface area contributed by atoms with E-state index in [9.17, 15) is 23.3 Å². The number of aromatic nitrogens is 2. The first-order chi connectivity index (χ1) is 12.1. The van der Waals surface area contributed by atoms with Gasteiger partial charge in [0.15, 0.2) is 9.84 Å². The van der Waals surface area contributed by atoms with Gasteiger partial charge in [-0.1, -0.05) is 6.92 Å². The van der Waals surface area contributed by atoms with E-state index in [4.69, 9.17) is 0 Å². The first kappa shape index (κ1) is 20.1. The maximum atomic E-state index is 12.9. The fraction of sp³-hybridized carbons (Fsp3) is 0.647. The Morgan fingerprint density at radius 1 is 1.46 bits per heavy atom. The normalized spacial score (nSPS) is 19.7. The molecule has 2 heterocycles. The average Bonchev–Trinajstić information content (AvgIpc) is 2.92. The summed E-state index contributed by atoms with van der Waals surface area (Å²) in [4.78, 5) is 26.9. The number of hydrogen-bond acceptors (Lipinski definition) is 6. The van der Waals surface area contributed by atoms with Gasteiger partial charge in [0.05, 0.1) is 17.2 Å². The molecule has 0 aromatic carbocycles. The zero-order chi connectivity index (χ0) is 19.6. The molecule has 0 saturated carbocycles. The molecule has 2 atom stereocenters. The quantitative estimate of drug-likeness (QED) is 0.737. The van der Waals surface area contributed by atoms with E-state index in [1.165, 1.54) is 0 Å². The third kappa shape index (κ3) is 3.96. The number of hydrogen-bond donors (Lipinski definition) is 0. The third-order valence-corrected chi connectivity index (χ3v) is 6.74. The van der Waals surface area contributed by atoms with Crippen molar-refractivity contribution in [3.05, 3.63) is 27.2 Å². The number of amides is 1. The lowest BCUT2D eigenvalue weighted by atomic mass is 10.1. The van der Waals surface area contributed by atoms with E-state index in [0.29, 0.717) is 24.1 Å². The van der Waals surface area contributed by atoms with Gasteiger partial charge in [0.2, 0.25) is 5.91 Å². The van der Waals surface area contributed by atoms with Crippen LogP contribution in [0.3, 0.4) is 0 Å². The van der Waals surface area contributed by atoms with E-state index in [1.807, 2.05) is 19.9 Å². The molecule has 0 radical (unpaired) electrons. The number of carbonyl (C=O) groups is 1. The van der Waals surface area contributed by atoms with Gasteiger partial charge in [0.25, 0.3) is 5.56 Å². The second-order valence-electron chi connectivity index (χ2n) is 6.78. The van der Waals surface area contributed by atoms with Gasteiger partial charge in [-0.15, -0.1) is 0 Å². The molecule has 2 unspecified atom stereocenters. The van der Waals surface area contributed by atoms with Crippen molar-refractivity contribution >= 4 is 15.7 Å². The van der Waals surface area contributed by atoms with Crippen LogP contribution >= 0.6 is 0 Å². The average molecular weight is 380 g/mol. The molecule has 0 bridgehead atoms. The van der Waals surface area contributed by atoms with Crippen molar-refractivity contribution in [1.82, 2.24) is 14.7 Å². The Hall–Kier alpha value is -2.21. The second kappa shape index (κ2) is 7.58. The van der Waals surface area contributed by atoms with Gasteiger partial charge in [-0.2, -0.15) is 10.4 Å². The first-order valence-corrected chi connectivity index (χ1v) is 10.4. The fourth-order valence-electron chi connectivity index (χ4n) is 3.22. The maximum absolute atomic E-state index is 12.9. The Bertz CT molecular complexity index is 914. The molecule has 1 fully saturated rings. The van der Waals surface area contributed by atoms with E-state index in [2.05, 4.69) is 5.10 Å². The smallest absolute Gasteiger partial charge is 0.285 e. The molecule has 2 rings (SSSR count). The highest BCUT2D eigenvalue weighted by Crippen LogP contribution is 2.21. The summed E-state index contributed by atoms with van der Waals surface area (Å²) in [6.45, 7) is 6.79. The first-order valence-electron chi connectivity index (χ1n) is 8.61. The van der Waals surface area contributed by atoms with Crippen molar-refractivity contribution in [2.24, 2.45) is 0 Å². The van der Waals surface area contributed by atoms with Gasteiger partial charge in [0.1, 0.15) is 18.2 Å². The Morgan fingerprint density at radius 3 is 2.62 bits per heavy atom. The molecule has 26 heavy (non-hydrogen) atoms. The van der Waals surface area contributed by atoms with Crippen LogP contribution in [0.1, 0.15) is 43.5 Å². The SMILES string of the molecule is CCC(C)N(C(=O)Cn1nc(C)c(C)c(C#N)c1=O)C1CCS(=O)(=O)C1. The van der Waals surface area contributed by atoms with Crippen molar-refractivity contribution in [2.45, 2.75) is 59.2 Å². The summed E-state index contributed by atoms with van der Waals surface area (Å²) in [5.74, 6) is -0.344. The van der Waals surface area contributed by atoms with Gasteiger partial charge in [-0.25, -0.2) is 13.1 Å². The molecule has 1 aromatic heterocycles. The summed E-state index contributed by atoms with van der Waals surface area (Å²) in [6.07, 6.45) is 1.07. The van der Waals surface area contributed by atoms with Gasteiger partial charge in [-0.05, 0) is 39.2 Å². The lowest BCUT2D eigenvalue weighted by Gasteiger charge is -2.33. The third-order valence-electron chi connectivity index (χ3n) is 4.99. The molecule has 0 spiro atoms. The predicted octanol–water partition coefficient (Wildman–Crippen LogP) is 0.546. The van der Waals surface area contributed by atoms with Crippen LogP contribution < -0.4 is 5.56 Å². The van der Waals surface area contributed by atoms with Crippen molar-refractivity contribution in [2.75, 3.05) is 11.5 Å². The maximum Gasteiger partial charge on any atom is 0.285 e. The van der Waals surface area contributed by atoms with E-state index in [1.54, 1.807) is 18.7 Å². The minimum atomic E-state index is -3.14. The van der Waals surface area contributed by atoms with Crippen LogP contribution in [-0.2, 0) is 21.2 Å². The lowest BCUT2D eigenvalue weighted by molar-refractivity contribution is -0.136. The molecular formula is C17H24N4O4S. The number of nitriles is 1. The van der Waals surface area contributed by atoms with Crippen LogP contribution in [0.15, 0.2) is 4.79 Å². The predicted molar refractivity (Wildman–Crippen MR) is 96.3 cm³/mol. The number of carbonyl (C=O) groups excluding carboxylic acids is 1. The monoisotopic (exact) mass is 380 g/mol. The van der Waals surface area contributed by atoms with Crippen molar-refractivity contribution < 1.29 is 13.2 Å². The molecule has 142 valence electrons. The Morgan fingerprint density at radius 2 is 2.12 bits per heavy atom. The van der Waals surface area contributed by atoms with E-state index in [-0.39, 0.29) is 41.6 Å². The standard InChI is InChI=1S/C17H24N4O4S/c1-5-11(2)21(14-6-7-26(24,25)10-14)16(22)9-20-17(23)15(8-18)12(3)13(4)19-20/h11,14H,5-7,9-10H2,1-4H3. The van der Waals surface area contributed by atoms with Gasteiger partial charge < -0.3 is 4.90 Å². The minimum Gasteiger partial charge on any atom is -0.334 e. The van der Waals surface area contributed by atoms with Crippen LogP contribution in [0.25, 0.3) is 0 Å². The molecule has 1 saturated heterocycles. The molecule has 9 heteroatoms. The summed E-state index contributed by atoms with van der Waals surface area (Å²) in [5.41, 5.74) is 0.380. The minimum absolute atomic E-state index is 0.0242. The summed E-state index contributed by atoms with van der Waals surface area (Å²) in [7, 11) is -3.14. The van der Waals surface area contributed by atoms with Crippen LogP contribution in [-0.4, -0.2) is 52.6 Å². The van der Waals surface area contributed by atoms with E-state index in [0.717, 1.165) is 4.68 Å². The molecule has 8 nitrogen and oxygen atoms in total. The fourth-order valence-corrected chi connectivity index (χ4v) is 4.93. The molecule has 1 aliphatic heterocycles. The van der Waals surface area contributed by atoms with Gasteiger partial charge in [0, 0.05) is 12.1 Å². The van der Waals surface area contributed by atoms with Crippen molar-refractivity contribution in [1.29, 1.82) is 5.26 Å². The summed E-state index contributed by atoms with van der Waals surface area (Å²) < 4.78 is 24.6. The highest BCUT2D eigenvalue weighted by atomic mass is 32.2. The number of aryl methyl sites for hydroxylation is 1. The van der Waals surface area contributed by atoms with Crippen LogP contribution in [0.5, 0.6) is 0 Å². The molecular weight excluding hydrogens is 356 g/mol. The topological polar surface area (TPSA) is 113 Å². The lowest BCUT2D eigenvalue weighted by Crippen LogP contribution is -2.49. The summed E-state index contributed by atoms with van der Waals surface area (Å²) >= 11 is 0. The molecule has 0 aliphatic carbocycles. The largest absolute Gasteiger partial charge is 0.334 e. The zero-order valence-electron chi connectivity index (χ0n) is 15.5. The summed E-state index contributed by atoms with van der Waals surface area (Å²) in [6, 6.07) is 1.33. The van der Waals surface area contributed by atoms with Gasteiger partial charge >= 0.3 is 0 Å². The Kier molecular flexibility index (Phi) is 5.86. The van der Waals surface area contributed by atoms with E-state index >= 15 is 0 Å². The van der Waals surface area contributed by atoms with E-state index < -0.39 is 15.4 Å². The highest BCUT2D eigenvalue weighted by Gasteiger charge is 2.36. The zero-order valence-corrected chi connectivity index (χ0v) is 16.3. The molecule has 0 N–H and O–H groups in total. The van der Waals surface area contributed by atoms with Crippen molar-refractivity contribution in [3.63, 3.8) is 0 Å².